The molecule has 13 heteroatoms. The van der Waals surface area contributed by atoms with Crippen LogP contribution < -0.4 is 22.3 Å². The fraction of sp³-hybridized carbons (Fsp3) is 0.346. The summed E-state index contributed by atoms with van der Waals surface area (Å²) in [4.78, 5) is 58.3. The summed E-state index contributed by atoms with van der Waals surface area (Å²) in [5, 5.41) is 3.29. The minimum absolute atomic E-state index is 0.0433. The maximum atomic E-state index is 13.9. The molecule has 1 aliphatic carbocycles. The van der Waals surface area contributed by atoms with E-state index in [1.165, 1.54) is 18.0 Å². The number of carbonyl (C=O) groups excluding carboxylic acids is 3. The van der Waals surface area contributed by atoms with E-state index in [0.717, 1.165) is 0 Å². The van der Waals surface area contributed by atoms with Gasteiger partial charge >= 0.3 is 6.09 Å². The molecule has 2 aromatic rings. The molecular formula is C26H27N7O6. The van der Waals surface area contributed by atoms with Crippen molar-refractivity contribution in [3.63, 3.8) is 0 Å². The Morgan fingerprint density at radius 1 is 1.23 bits per heavy atom. The van der Waals surface area contributed by atoms with Crippen LogP contribution in [-0.2, 0) is 26.1 Å². The number of benzene rings is 1. The van der Waals surface area contributed by atoms with E-state index < -0.39 is 29.3 Å². The maximum Gasteiger partial charge on any atom is 0.404 e. The number of amides is 1. The quantitative estimate of drug-likeness (QED) is 0.251. The van der Waals surface area contributed by atoms with Crippen LogP contribution in [-0.4, -0.2) is 76.2 Å². The Bertz CT molecular complexity index is 1600. The molecule has 4 aliphatic rings. The van der Waals surface area contributed by atoms with Gasteiger partial charge in [-0.15, -0.1) is 0 Å². The summed E-state index contributed by atoms with van der Waals surface area (Å²) in [5.74, 6) is -1.90. The average molecular weight is 534 g/mol. The van der Waals surface area contributed by atoms with E-state index >= 15 is 0 Å². The molecule has 202 valence electrons. The van der Waals surface area contributed by atoms with Crippen LogP contribution in [0.25, 0.3) is 5.69 Å². The summed E-state index contributed by atoms with van der Waals surface area (Å²) in [7, 11) is 3.21. The first-order valence-corrected chi connectivity index (χ1v) is 12.4. The Morgan fingerprint density at radius 3 is 2.62 bits per heavy atom. The number of Topliss-reactive ketones (excluding diaryl/α,β-unsaturated/α-hetero) is 2. The summed E-state index contributed by atoms with van der Waals surface area (Å²) in [6, 6.07) is 8.93. The minimum Gasteiger partial charge on any atom is -0.449 e. The zero-order valence-electron chi connectivity index (χ0n) is 21.5. The number of methoxy groups -OCH3 is 1. The second kappa shape index (κ2) is 8.51. The lowest BCUT2D eigenvalue weighted by Crippen LogP contribution is -2.55. The number of allylic oxidation sites excluding steroid dienone is 2. The molecule has 0 radical (unpaired) electrons. The van der Waals surface area contributed by atoms with Gasteiger partial charge < -0.3 is 31.2 Å². The summed E-state index contributed by atoms with van der Waals surface area (Å²) in [5.41, 5.74) is 11.1. The normalized spacial score (nSPS) is 27.4. The van der Waals surface area contributed by atoms with E-state index in [2.05, 4.69) is 10.3 Å². The zero-order chi connectivity index (χ0) is 27.8. The topological polar surface area (TPSA) is 186 Å². The van der Waals surface area contributed by atoms with Gasteiger partial charge in [-0.05, 0) is 19.1 Å². The molecule has 4 heterocycles. The number of carbonyl (C=O) groups is 3. The number of ketones is 2. The lowest BCUT2D eigenvalue weighted by molar-refractivity contribution is -0.137. The van der Waals surface area contributed by atoms with E-state index in [-0.39, 0.29) is 52.5 Å². The molecule has 3 aliphatic heterocycles. The highest BCUT2D eigenvalue weighted by atomic mass is 16.6. The van der Waals surface area contributed by atoms with Gasteiger partial charge in [-0.3, -0.25) is 19.1 Å². The van der Waals surface area contributed by atoms with Crippen molar-refractivity contribution < 1.29 is 23.9 Å². The Hall–Kier alpha value is -4.49. The number of aromatic nitrogens is 2. The predicted molar refractivity (Wildman–Crippen MR) is 138 cm³/mol. The van der Waals surface area contributed by atoms with Gasteiger partial charge in [0, 0.05) is 38.5 Å². The molecule has 0 spiro atoms. The summed E-state index contributed by atoms with van der Waals surface area (Å²) in [6.07, 6.45) is 0.167. The summed E-state index contributed by atoms with van der Waals surface area (Å²) in [6.45, 7) is 1.88. The predicted octanol–water partition coefficient (Wildman–Crippen LogP) is -0.471. The Morgan fingerprint density at radius 2 is 1.95 bits per heavy atom. The number of hydrogen-bond donors (Lipinski definition) is 3. The highest BCUT2D eigenvalue weighted by Crippen LogP contribution is 2.55. The summed E-state index contributed by atoms with van der Waals surface area (Å²) < 4.78 is 14.2. The van der Waals surface area contributed by atoms with E-state index in [0.29, 0.717) is 17.9 Å². The van der Waals surface area contributed by atoms with Crippen molar-refractivity contribution in [2.75, 3.05) is 20.3 Å². The monoisotopic (exact) mass is 533 g/mol. The third-order valence-electron chi connectivity index (χ3n) is 8.11. The van der Waals surface area contributed by atoms with E-state index in [9.17, 15) is 19.2 Å². The van der Waals surface area contributed by atoms with Gasteiger partial charge in [0.05, 0.1) is 40.3 Å². The smallest absolute Gasteiger partial charge is 0.404 e. The number of para-hydroxylation sites is 1. The second-order valence-corrected chi connectivity index (χ2v) is 9.92. The van der Waals surface area contributed by atoms with Crippen LogP contribution in [0.2, 0.25) is 0 Å². The van der Waals surface area contributed by atoms with Crippen molar-refractivity contribution in [3.05, 3.63) is 68.9 Å². The van der Waals surface area contributed by atoms with E-state index in [4.69, 9.17) is 20.9 Å². The minimum atomic E-state index is -1.12. The molecular weight excluding hydrogens is 506 g/mol. The molecule has 39 heavy (non-hydrogen) atoms. The van der Waals surface area contributed by atoms with Crippen LogP contribution >= 0.6 is 0 Å². The van der Waals surface area contributed by atoms with Crippen molar-refractivity contribution in [2.24, 2.45) is 29.4 Å². The number of nitrogens with one attached hydrogen (secondary N) is 1. The van der Waals surface area contributed by atoms with Gasteiger partial charge in [0.2, 0.25) is 11.6 Å². The van der Waals surface area contributed by atoms with Gasteiger partial charge in [0.1, 0.15) is 6.61 Å². The SMILES string of the molecule is CO[C@@]12[C@H](COC(N)=O)C3=C(C(=O)C(C=Nc4c(C)n(C)n(-c5ccccc5)c4=O)=C(N)C3=O)N1C[C@@H]1N[C@@H]12. The van der Waals surface area contributed by atoms with Crippen molar-refractivity contribution in [3.8, 4) is 5.69 Å². The van der Waals surface area contributed by atoms with Gasteiger partial charge in [-0.2, -0.15) is 0 Å². The number of fused-ring (bicyclic) bond motifs is 4. The number of primary amides is 1. The fourth-order valence-corrected chi connectivity index (χ4v) is 6.17. The van der Waals surface area contributed by atoms with Crippen LogP contribution in [0.4, 0.5) is 10.5 Å². The highest BCUT2D eigenvalue weighted by Gasteiger charge is 2.72. The summed E-state index contributed by atoms with van der Waals surface area (Å²) >= 11 is 0. The molecule has 2 saturated heterocycles. The lowest BCUT2D eigenvalue weighted by Gasteiger charge is -2.39. The molecule has 0 bridgehead atoms. The standard InChI is InChI=1S/C26H27N7O6/c1-12-19(24(36)33(31(12)2)13-7-5-4-6-8-13)29-9-14-18(27)22(35)17-15(11-39-25(28)37)26(38-3)23-16(30-23)10-32(26)20(17)21(14)34/h4-9,15-16,23,30H,10-11,27H2,1-3H3,(H2,28,37)/t15-,16+,23+,26-/m1/s1. The molecule has 1 aromatic heterocycles. The van der Waals surface area contributed by atoms with Gasteiger partial charge in [-0.25, -0.2) is 14.5 Å². The molecule has 2 fully saturated rings. The molecule has 4 atom stereocenters. The van der Waals surface area contributed by atoms with Crippen LogP contribution in [0.5, 0.6) is 0 Å². The van der Waals surface area contributed by atoms with Gasteiger partial charge in [-0.1, -0.05) is 18.2 Å². The van der Waals surface area contributed by atoms with Crippen LogP contribution in [0, 0.1) is 12.8 Å². The molecule has 0 saturated carbocycles. The third kappa shape index (κ3) is 3.29. The Kier molecular flexibility index (Phi) is 5.42. The molecule has 5 N–H and O–H groups in total. The first kappa shape index (κ1) is 24.8. The van der Waals surface area contributed by atoms with Crippen molar-refractivity contribution >= 4 is 29.6 Å². The van der Waals surface area contributed by atoms with Crippen molar-refractivity contribution in [2.45, 2.75) is 24.7 Å². The first-order chi connectivity index (χ1) is 18.6. The van der Waals surface area contributed by atoms with Crippen molar-refractivity contribution in [1.82, 2.24) is 19.6 Å². The number of nitrogens with zero attached hydrogens (tertiary/aromatic N) is 4. The fourth-order valence-electron chi connectivity index (χ4n) is 6.17. The molecule has 0 unspecified atom stereocenters. The van der Waals surface area contributed by atoms with E-state index in [1.54, 1.807) is 35.7 Å². The lowest BCUT2D eigenvalue weighted by atomic mass is 9.82. The van der Waals surface area contributed by atoms with Crippen LogP contribution in [0.15, 0.2) is 62.7 Å². The Labute approximate surface area is 222 Å². The van der Waals surface area contributed by atoms with Gasteiger partial charge in [0.25, 0.3) is 5.56 Å². The first-order valence-electron chi connectivity index (χ1n) is 12.4. The molecule has 6 rings (SSSR count). The zero-order valence-corrected chi connectivity index (χ0v) is 21.5. The molecule has 1 aromatic carbocycles. The number of rotatable bonds is 6. The number of ether oxygens (including phenoxy) is 2. The number of piperazine rings is 1. The number of aliphatic imine (C=N–C) groups is 1. The van der Waals surface area contributed by atoms with Crippen LogP contribution in [0.1, 0.15) is 5.69 Å². The van der Waals surface area contributed by atoms with Gasteiger partial charge in [0.15, 0.2) is 11.4 Å². The van der Waals surface area contributed by atoms with Crippen LogP contribution in [0.3, 0.4) is 0 Å². The van der Waals surface area contributed by atoms with Crippen molar-refractivity contribution in [1.29, 1.82) is 0 Å². The number of nitrogens with two attached hydrogens (primary N) is 2. The maximum absolute atomic E-state index is 13.9. The average Bonchev–Trinajstić information content (AvgIpc) is 3.46. The molecule has 13 nitrogen and oxygen atoms in total. The third-order valence-corrected chi connectivity index (χ3v) is 8.11. The Balaban J connectivity index is 1.40. The second-order valence-electron chi connectivity index (χ2n) is 9.92. The largest absolute Gasteiger partial charge is 0.449 e. The highest BCUT2D eigenvalue weighted by molar-refractivity contribution is 6.32. The number of hydrogen-bond acceptors (Lipinski definition) is 10. The van der Waals surface area contributed by atoms with E-state index in [1.807, 2.05) is 18.2 Å². The molecule has 1 amide bonds.